The number of nitro benzene ring substituents is 1. The van der Waals surface area contributed by atoms with Crippen LogP contribution in [0.1, 0.15) is 24.9 Å². The number of non-ortho nitro benzene ring substituents is 1. The first-order valence-corrected chi connectivity index (χ1v) is 6.19. The Balaban J connectivity index is 2.40. The maximum absolute atomic E-state index is 10.5. The van der Waals surface area contributed by atoms with Crippen LogP contribution in [0, 0.1) is 10.1 Å². The van der Waals surface area contributed by atoms with Gasteiger partial charge in [0.15, 0.2) is 0 Å². The molecule has 2 N–H and O–H groups in total. The Hall–Kier alpha value is -1.50. The first kappa shape index (κ1) is 15.6. The van der Waals surface area contributed by atoms with Gasteiger partial charge in [-0.15, -0.1) is 0 Å². The van der Waals surface area contributed by atoms with Crippen LogP contribution in [0.3, 0.4) is 0 Å². The number of hydrogen-bond acceptors (Lipinski definition) is 5. The minimum atomic E-state index is -0.471. The van der Waals surface area contributed by atoms with E-state index in [4.69, 9.17) is 4.74 Å². The largest absolute Gasteiger partial charge is 0.391 e. The summed E-state index contributed by atoms with van der Waals surface area (Å²) in [6, 6.07) is 6.54. The average molecular weight is 268 g/mol. The van der Waals surface area contributed by atoms with Gasteiger partial charge in [0, 0.05) is 25.3 Å². The smallest absolute Gasteiger partial charge is 0.269 e. The van der Waals surface area contributed by atoms with Crippen LogP contribution in [0.5, 0.6) is 0 Å². The van der Waals surface area contributed by atoms with Gasteiger partial charge in [-0.25, -0.2) is 0 Å². The third kappa shape index (κ3) is 5.34. The minimum absolute atomic E-state index is 0.0792. The van der Waals surface area contributed by atoms with E-state index in [2.05, 4.69) is 5.32 Å². The maximum atomic E-state index is 10.5. The third-order valence-electron chi connectivity index (χ3n) is 2.89. The molecule has 0 aliphatic carbocycles. The van der Waals surface area contributed by atoms with Crippen LogP contribution in [0.25, 0.3) is 0 Å². The van der Waals surface area contributed by atoms with E-state index in [1.165, 1.54) is 12.1 Å². The molecule has 0 spiro atoms. The molecule has 2 unspecified atom stereocenters. The zero-order valence-corrected chi connectivity index (χ0v) is 11.2. The fourth-order valence-corrected chi connectivity index (χ4v) is 1.74. The molecule has 1 aromatic rings. The summed E-state index contributed by atoms with van der Waals surface area (Å²) in [6.45, 7) is 2.96. The Morgan fingerprint density at radius 1 is 1.42 bits per heavy atom. The highest BCUT2D eigenvalue weighted by molar-refractivity contribution is 5.33. The first-order chi connectivity index (χ1) is 9.04. The molecule has 0 aliphatic heterocycles. The van der Waals surface area contributed by atoms with Crippen molar-refractivity contribution in [3.05, 3.63) is 39.9 Å². The molecule has 0 bridgehead atoms. The van der Waals surface area contributed by atoms with Gasteiger partial charge in [-0.05, 0) is 25.5 Å². The van der Waals surface area contributed by atoms with Crippen LogP contribution >= 0.6 is 0 Å². The van der Waals surface area contributed by atoms with Crippen molar-refractivity contribution in [3.63, 3.8) is 0 Å². The molecular weight excluding hydrogens is 248 g/mol. The SMILES string of the molecule is COCC(O)CCNC(C)c1ccc([N+](=O)[O-])cc1. The third-order valence-corrected chi connectivity index (χ3v) is 2.89. The van der Waals surface area contributed by atoms with Crippen LogP contribution in [-0.4, -0.2) is 36.4 Å². The number of rotatable bonds is 8. The monoisotopic (exact) mass is 268 g/mol. The zero-order valence-electron chi connectivity index (χ0n) is 11.2. The molecule has 0 aromatic heterocycles. The summed E-state index contributed by atoms with van der Waals surface area (Å²) in [5.74, 6) is 0. The zero-order chi connectivity index (χ0) is 14.3. The van der Waals surface area contributed by atoms with Crippen molar-refractivity contribution >= 4 is 5.69 Å². The van der Waals surface area contributed by atoms with E-state index in [1.54, 1.807) is 19.2 Å². The van der Waals surface area contributed by atoms with E-state index >= 15 is 0 Å². The van der Waals surface area contributed by atoms with Gasteiger partial charge < -0.3 is 15.2 Å². The van der Waals surface area contributed by atoms with Crippen molar-refractivity contribution in [3.8, 4) is 0 Å². The number of hydrogen-bond donors (Lipinski definition) is 2. The summed E-state index contributed by atoms with van der Waals surface area (Å²) in [7, 11) is 1.55. The summed E-state index contributed by atoms with van der Waals surface area (Å²) in [6.07, 6.45) is 0.132. The van der Waals surface area contributed by atoms with Crippen molar-refractivity contribution in [2.75, 3.05) is 20.3 Å². The summed E-state index contributed by atoms with van der Waals surface area (Å²) >= 11 is 0. The summed E-state index contributed by atoms with van der Waals surface area (Å²) < 4.78 is 4.84. The van der Waals surface area contributed by atoms with Gasteiger partial charge in [-0.1, -0.05) is 12.1 Å². The molecule has 0 heterocycles. The molecule has 1 rings (SSSR count). The highest BCUT2D eigenvalue weighted by Gasteiger charge is 2.09. The number of nitrogens with one attached hydrogen (secondary N) is 1. The van der Waals surface area contributed by atoms with Crippen molar-refractivity contribution in [2.24, 2.45) is 0 Å². The second kappa shape index (κ2) is 7.83. The molecule has 1 aromatic carbocycles. The molecule has 0 saturated heterocycles. The average Bonchev–Trinajstić information content (AvgIpc) is 2.39. The molecule has 19 heavy (non-hydrogen) atoms. The van der Waals surface area contributed by atoms with E-state index < -0.39 is 11.0 Å². The Kier molecular flexibility index (Phi) is 6.41. The number of ether oxygens (including phenoxy) is 1. The molecule has 106 valence electrons. The van der Waals surface area contributed by atoms with Crippen LogP contribution in [-0.2, 0) is 4.74 Å². The topological polar surface area (TPSA) is 84.6 Å². The molecule has 6 heteroatoms. The fraction of sp³-hybridized carbons (Fsp3) is 0.538. The number of aliphatic hydroxyl groups excluding tert-OH is 1. The van der Waals surface area contributed by atoms with Gasteiger partial charge in [-0.2, -0.15) is 0 Å². The molecule has 6 nitrogen and oxygen atoms in total. The molecular formula is C13H20N2O4. The van der Waals surface area contributed by atoms with Gasteiger partial charge in [0.05, 0.1) is 17.6 Å². The lowest BCUT2D eigenvalue weighted by molar-refractivity contribution is -0.384. The van der Waals surface area contributed by atoms with Gasteiger partial charge in [-0.3, -0.25) is 10.1 Å². The summed E-state index contributed by atoms with van der Waals surface area (Å²) in [4.78, 5) is 10.1. The maximum Gasteiger partial charge on any atom is 0.269 e. The highest BCUT2D eigenvalue weighted by atomic mass is 16.6. The predicted molar refractivity (Wildman–Crippen MR) is 72.0 cm³/mol. The van der Waals surface area contributed by atoms with Crippen LogP contribution < -0.4 is 5.32 Å². The lowest BCUT2D eigenvalue weighted by atomic mass is 10.1. The van der Waals surface area contributed by atoms with Crippen molar-refractivity contribution in [2.45, 2.75) is 25.5 Å². The number of benzene rings is 1. The molecule has 0 radical (unpaired) electrons. The second-order valence-corrected chi connectivity index (χ2v) is 4.42. The first-order valence-electron chi connectivity index (χ1n) is 6.19. The van der Waals surface area contributed by atoms with Crippen molar-refractivity contribution < 1.29 is 14.8 Å². The van der Waals surface area contributed by atoms with Gasteiger partial charge in [0.1, 0.15) is 0 Å². The molecule has 0 saturated carbocycles. The van der Waals surface area contributed by atoms with E-state index in [0.29, 0.717) is 19.6 Å². The van der Waals surface area contributed by atoms with Crippen LogP contribution in [0.4, 0.5) is 5.69 Å². The number of aliphatic hydroxyl groups is 1. The van der Waals surface area contributed by atoms with Gasteiger partial charge in [0.25, 0.3) is 5.69 Å². The van der Waals surface area contributed by atoms with Crippen LogP contribution in [0.15, 0.2) is 24.3 Å². The Morgan fingerprint density at radius 2 is 2.05 bits per heavy atom. The molecule has 0 aliphatic rings. The quantitative estimate of drug-likeness (QED) is 0.553. The van der Waals surface area contributed by atoms with Crippen molar-refractivity contribution in [1.82, 2.24) is 5.32 Å². The van der Waals surface area contributed by atoms with Gasteiger partial charge in [0.2, 0.25) is 0 Å². The van der Waals surface area contributed by atoms with E-state index in [9.17, 15) is 15.2 Å². The summed E-state index contributed by atoms with van der Waals surface area (Å²) in [5.41, 5.74) is 1.07. The fourth-order valence-electron chi connectivity index (χ4n) is 1.74. The lowest BCUT2D eigenvalue weighted by Crippen LogP contribution is -2.25. The van der Waals surface area contributed by atoms with Crippen molar-refractivity contribution in [1.29, 1.82) is 0 Å². The van der Waals surface area contributed by atoms with E-state index in [-0.39, 0.29) is 11.7 Å². The van der Waals surface area contributed by atoms with Gasteiger partial charge >= 0.3 is 0 Å². The number of methoxy groups -OCH3 is 1. The standard InChI is InChI=1S/C13H20N2O4/c1-10(14-8-7-13(16)9-19-2)11-3-5-12(6-4-11)15(17)18/h3-6,10,13-14,16H,7-9H2,1-2H3. The molecule has 0 amide bonds. The second-order valence-electron chi connectivity index (χ2n) is 4.42. The number of nitrogens with zero attached hydrogens (tertiary/aromatic N) is 1. The highest BCUT2D eigenvalue weighted by Crippen LogP contribution is 2.17. The Morgan fingerprint density at radius 3 is 2.58 bits per heavy atom. The lowest BCUT2D eigenvalue weighted by Gasteiger charge is -2.15. The minimum Gasteiger partial charge on any atom is -0.391 e. The normalized spacial score (nSPS) is 14.1. The molecule has 0 fully saturated rings. The summed E-state index contributed by atoms with van der Waals surface area (Å²) in [5, 5.41) is 23.3. The Bertz CT molecular complexity index is 394. The van der Waals surface area contributed by atoms with E-state index in [1.807, 2.05) is 6.92 Å². The molecule has 2 atom stereocenters. The number of nitro groups is 1. The Labute approximate surface area is 112 Å². The predicted octanol–water partition coefficient (Wildman–Crippen LogP) is 1.64. The van der Waals surface area contributed by atoms with Crippen LogP contribution in [0.2, 0.25) is 0 Å². The van der Waals surface area contributed by atoms with E-state index in [0.717, 1.165) is 5.56 Å².